The van der Waals surface area contributed by atoms with E-state index in [0.717, 1.165) is 17.7 Å². The average molecular weight is 245 g/mol. The molecular weight excluding hydrogens is 226 g/mol. The minimum atomic E-state index is 0.0250. The maximum Gasteiger partial charge on any atom is 0.119 e. The molecule has 2 atom stereocenters. The standard InChI is InChI=1S/C14H19N3O/c1-3-13(15)14(17-9-5-8-16-17)11-6-4-7-12(10-11)18-2/h4-10,13-14H,3,15H2,1-2H3. The average Bonchev–Trinajstić information content (AvgIpc) is 2.93. The number of rotatable bonds is 5. The van der Waals surface area contributed by atoms with Gasteiger partial charge >= 0.3 is 0 Å². The minimum absolute atomic E-state index is 0.0250. The number of nitrogens with two attached hydrogens (primary N) is 1. The lowest BCUT2D eigenvalue weighted by molar-refractivity contribution is 0.404. The molecule has 0 aliphatic carbocycles. The molecule has 2 rings (SSSR count). The van der Waals surface area contributed by atoms with E-state index in [2.05, 4.69) is 18.1 Å². The van der Waals surface area contributed by atoms with Crippen molar-refractivity contribution in [1.29, 1.82) is 0 Å². The van der Waals surface area contributed by atoms with Gasteiger partial charge in [0.2, 0.25) is 0 Å². The third kappa shape index (κ3) is 2.54. The Kier molecular flexibility index (Phi) is 3.99. The number of benzene rings is 1. The lowest BCUT2D eigenvalue weighted by Crippen LogP contribution is -2.32. The summed E-state index contributed by atoms with van der Waals surface area (Å²) in [6.07, 6.45) is 4.61. The van der Waals surface area contributed by atoms with Gasteiger partial charge in [-0.1, -0.05) is 19.1 Å². The molecule has 2 aromatic rings. The van der Waals surface area contributed by atoms with Gasteiger partial charge in [0, 0.05) is 18.4 Å². The number of nitrogens with zero attached hydrogens (tertiary/aromatic N) is 2. The summed E-state index contributed by atoms with van der Waals surface area (Å²) < 4.78 is 7.17. The molecule has 1 aromatic heterocycles. The molecule has 0 fully saturated rings. The summed E-state index contributed by atoms with van der Waals surface area (Å²) in [4.78, 5) is 0. The van der Waals surface area contributed by atoms with Crippen LogP contribution in [0.4, 0.5) is 0 Å². The van der Waals surface area contributed by atoms with Gasteiger partial charge in [-0.3, -0.25) is 4.68 Å². The van der Waals surface area contributed by atoms with Crippen LogP contribution in [0.15, 0.2) is 42.7 Å². The van der Waals surface area contributed by atoms with Gasteiger partial charge in [0.05, 0.1) is 13.2 Å². The zero-order valence-corrected chi connectivity index (χ0v) is 10.8. The van der Waals surface area contributed by atoms with Crippen LogP contribution in [0.3, 0.4) is 0 Å². The van der Waals surface area contributed by atoms with Crippen molar-refractivity contribution in [2.45, 2.75) is 25.4 Å². The molecule has 18 heavy (non-hydrogen) atoms. The summed E-state index contributed by atoms with van der Waals surface area (Å²) in [7, 11) is 1.67. The molecule has 0 aliphatic rings. The number of methoxy groups -OCH3 is 1. The van der Waals surface area contributed by atoms with Crippen molar-refractivity contribution in [2.75, 3.05) is 7.11 Å². The number of ether oxygens (including phenoxy) is 1. The Hall–Kier alpha value is -1.81. The summed E-state index contributed by atoms with van der Waals surface area (Å²) in [5.41, 5.74) is 7.35. The van der Waals surface area contributed by atoms with E-state index in [9.17, 15) is 0 Å². The molecule has 96 valence electrons. The van der Waals surface area contributed by atoms with E-state index in [1.165, 1.54) is 0 Å². The molecule has 2 unspecified atom stereocenters. The zero-order chi connectivity index (χ0) is 13.0. The fourth-order valence-electron chi connectivity index (χ4n) is 2.09. The van der Waals surface area contributed by atoms with Crippen LogP contribution in [0.2, 0.25) is 0 Å². The Balaban J connectivity index is 2.39. The molecule has 0 spiro atoms. The molecular formula is C14H19N3O. The van der Waals surface area contributed by atoms with Crippen molar-refractivity contribution in [3.8, 4) is 5.75 Å². The monoisotopic (exact) mass is 245 g/mol. The minimum Gasteiger partial charge on any atom is -0.497 e. The van der Waals surface area contributed by atoms with Crippen molar-refractivity contribution in [2.24, 2.45) is 5.73 Å². The summed E-state index contributed by atoms with van der Waals surface area (Å²) in [5.74, 6) is 0.841. The largest absolute Gasteiger partial charge is 0.497 e. The van der Waals surface area contributed by atoms with Crippen molar-refractivity contribution < 1.29 is 4.74 Å². The van der Waals surface area contributed by atoms with Gasteiger partial charge in [-0.15, -0.1) is 0 Å². The molecule has 0 bridgehead atoms. The highest BCUT2D eigenvalue weighted by atomic mass is 16.5. The van der Waals surface area contributed by atoms with Gasteiger partial charge in [0.25, 0.3) is 0 Å². The number of aromatic nitrogens is 2. The molecule has 0 radical (unpaired) electrons. The van der Waals surface area contributed by atoms with Gasteiger partial charge in [0.1, 0.15) is 5.75 Å². The molecule has 2 N–H and O–H groups in total. The first-order chi connectivity index (χ1) is 8.76. The van der Waals surface area contributed by atoms with Gasteiger partial charge in [-0.2, -0.15) is 5.10 Å². The molecule has 0 aliphatic heterocycles. The van der Waals surface area contributed by atoms with Gasteiger partial charge in [-0.05, 0) is 30.2 Å². The maximum atomic E-state index is 6.23. The molecule has 4 nitrogen and oxygen atoms in total. The van der Waals surface area contributed by atoms with Crippen LogP contribution < -0.4 is 10.5 Å². The topological polar surface area (TPSA) is 53.1 Å². The molecule has 1 aromatic carbocycles. The first-order valence-corrected chi connectivity index (χ1v) is 6.15. The van der Waals surface area contributed by atoms with Crippen molar-refractivity contribution >= 4 is 0 Å². The Labute approximate surface area is 107 Å². The number of hydrogen-bond acceptors (Lipinski definition) is 3. The van der Waals surface area contributed by atoms with E-state index in [-0.39, 0.29) is 12.1 Å². The van der Waals surface area contributed by atoms with Crippen LogP contribution in [-0.2, 0) is 0 Å². The maximum absolute atomic E-state index is 6.23. The molecule has 4 heteroatoms. The van der Waals surface area contributed by atoms with E-state index in [1.54, 1.807) is 13.3 Å². The Morgan fingerprint density at radius 1 is 1.39 bits per heavy atom. The van der Waals surface area contributed by atoms with Crippen LogP contribution in [-0.4, -0.2) is 22.9 Å². The Morgan fingerprint density at radius 2 is 2.22 bits per heavy atom. The van der Waals surface area contributed by atoms with Crippen LogP contribution in [0.5, 0.6) is 5.75 Å². The van der Waals surface area contributed by atoms with Gasteiger partial charge < -0.3 is 10.5 Å². The zero-order valence-electron chi connectivity index (χ0n) is 10.8. The summed E-state index contributed by atoms with van der Waals surface area (Å²) in [6, 6.07) is 9.97. The highest BCUT2D eigenvalue weighted by molar-refractivity contribution is 5.31. The highest BCUT2D eigenvalue weighted by Gasteiger charge is 2.21. The normalized spacial score (nSPS) is 14.2. The second kappa shape index (κ2) is 5.69. The van der Waals surface area contributed by atoms with Crippen LogP contribution in [0.1, 0.15) is 24.9 Å². The third-order valence-electron chi connectivity index (χ3n) is 3.12. The smallest absolute Gasteiger partial charge is 0.119 e. The Bertz CT molecular complexity index is 482. The SMILES string of the molecule is CCC(N)C(c1cccc(OC)c1)n1cccn1. The lowest BCUT2D eigenvalue weighted by atomic mass is 9.98. The van der Waals surface area contributed by atoms with E-state index in [4.69, 9.17) is 10.5 Å². The fraction of sp³-hybridized carbons (Fsp3) is 0.357. The number of hydrogen-bond donors (Lipinski definition) is 1. The first kappa shape index (κ1) is 12.6. The third-order valence-corrected chi connectivity index (χ3v) is 3.12. The quantitative estimate of drug-likeness (QED) is 0.878. The molecule has 0 amide bonds. The Morgan fingerprint density at radius 3 is 2.83 bits per heavy atom. The van der Waals surface area contributed by atoms with E-state index in [1.807, 2.05) is 35.1 Å². The van der Waals surface area contributed by atoms with Crippen molar-refractivity contribution in [3.63, 3.8) is 0 Å². The first-order valence-electron chi connectivity index (χ1n) is 6.15. The van der Waals surface area contributed by atoms with Crippen LogP contribution in [0.25, 0.3) is 0 Å². The second-order valence-corrected chi connectivity index (χ2v) is 4.28. The predicted octanol–water partition coefficient (Wildman–Crippen LogP) is 2.22. The van der Waals surface area contributed by atoms with Crippen molar-refractivity contribution in [1.82, 2.24) is 9.78 Å². The van der Waals surface area contributed by atoms with Crippen LogP contribution >= 0.6 is 0 Å². The lowest BCUT2D eigenvalue weighted by Gasteiger charge is -2.24. The van der Waals surface area contributed by atoms with E-state index in [0.29, 0.717) is 0 Å². The second-order valence-electron chi connectivity index (χ2n) is 4.28. The van der Waals surface area contributed by atoms with Gasteiger partial charge in [0.15, 0.2) is 0 Å². The molecule has 0 saturated carbocycles. The fourth-order valence-corrected chi connectivity index (χ4v) is 2.09. The summed E-state index contributed by atoms with van der Waals surface area (Å²) >= 11 is 0. The highest BCUT2D eigenvalue weighted by Crippen LogP contribution is 2.25. The predicted molar refractivity (Wildman–Crippen MR) is 71.6 cm³/mol. The van der Waals surface area contributed by atoms with E-state index >= 15 is 0 Å². The van der Waals surface area contributed by atoms with E-state index < -0.39 is 0 Å². The molecule has 1 heterocycles. The molecule has 0 saturated heterocycles. The summed E-state index contributed by atoms with van der Waals surface area (Å²) in [5, 5.41) is 4.31. The summed E-state index contributed by atoms with van der Waals surface area (Å²) in [6.45, 7) is 2.08. The van der Waals surface area contributed by atoms with Crippen LogP contribution in [0, 0.1) is 0 Å². The van der Waals surface area contributed by atoms with Crippen molar-refractivity contribution in [3.05, 3.63) is 48.3 Å². The van der Waals surface area contributed by atoms with Gasteiger partial charge in [-0.25, -0.2) is 0 Å².